The normalized spacial score (nSPS) is 18.7. The molecule has 90 valence electrons. The minimum Gasteiger partial charge on any atom is -0.475 e. The summed E-state index contributed by atoms with van der Waals surface area (Å²) in [6.07, 6.45) is 0.840. The van der Waals surface area contributed by atoms with Crippen LogP contribution in [-0.2, 0) is 4.74 Å². The summed E-state index contributed by atoms with van der Waals surface area (Å²) < 4.78 is 18.4. The van der Waals surface area contributed by atoms with Gasteiger partial charge in [-0.1, -0.05) is 6.92 Å². The second-order valence-electron chi connectivity index (χ2n) is 3.73. The number of aliphatic imine (C=N–C) groups is 1. The molecule has 1 aromatic carbocycles. The first kappa shape index (κ1) is 11.5. The summed E-state index contributed by atoms with van der Waals surface area (Å²) in [7, 11) is 0. The first-order valence-electron chi connectivity index (χ1n) is 5.26. The molecule has 0 aliphatic carbocycles. The van der Waals surface area contributed by atoms with Gasteiger partial charge in [-0.2, -0.15) is 4.39 Å². The van der Waals surface area contributed by atoms with Crippen LogP contribution >= 0.6 is 0 Å². The molecule has 0 aromatic heterocycles. The van der Waals surface area contributed by atoms with Crippen molar-refractivity contribution in [3.05, 3.63) is 39.7 Å². The van der Waals surface area contributed by atoms with E-state index in [-0.39, 0.29) is 6.04 Å². The van der Waals surface area contributed by atoms with Gasteiger partial charge in [0.25, 0.3) is 0 Å². The van der Waals surface area contributed by atoms with Crippen molar-refractivity contribution in [3.63, 3.8) is 0 Å². The third-order valence-corrected chi connectivity index (χ3v) is 2.57. The Morgan fingerprint density at radius 1 is 1.65 bits per heavy atom. The Bertz CT molecular complexity index is 488. The van der Waals surface area contributed by atoms with Gasteiger partial charge in [-0.05, 0) is 18.6 Å². The molecule has 0 N–H and O–H groups in total. The number of halogens is 1. The van der Waals surface area contributed by atoms with E-state index in [0.717, 1.165) is 18.6 Å². The van der Waals surface area contributed by atoms with E-state index in [1.807, 2.05) is 6.92 Å². The van der Waals surface area contributed by atoms with E-state index >= 15 is 0 Å². The smallest absolute Gasteiger partial charge is 0.305 e. The second kappa shape index (κ2) is 4.48. The number of nitrogens with zero attached hydrogens (tertiary/aromatic N) is 2. The average molecular weight is 238 g/mol. The van der Waals surface area contributed by atoms with E-state index in [4.69, 9.17) is 4.74 Å². The topological polar surface area (TPSA) is 64.7 Å². The molecule has 1 aliphatic rings. The van der Waals surface area contributed by atoms with E-state index in [1.54, 1.807) is 0 Å². The third kappa shape index (κ3) is 2.25. The van der Waals surface area contributed by atoms with Crippen LogP contribution in [0.3, 0.4) is 0 Å². The predicted octanol–water partition coefficient (Wildman–Crippen LogP) is 2.29. The zero-order valence-corrected chi connectivity index (χ0v) is 9.22. The highest BCUT2D eigenvalue weighted by atomic mass is 19.1. The lowest BCUT2D eigenvalue weighted by atomic mass is 10.2. The molecule has 0 saturated heterocycles. The minimum absolute atomic E-state index is 0.0779. The quantitative estimate of drug-likeness (QED) is 0.599. The molecule has 0 bridgehead atoms. The lowest BCUT2D eigenvalue weighted by Crippen LogP contribution is -2.04. The van der Waals surface area contributed by atoms with Gasteiger partial charge in [0.2, 0.25) is 11.7 Å². The number of nitro groups is 1. The Kier molecular flexibility index (Phi) is 3.03. The van der Waals surface area contributed by atoms with Gasteiger partial charge in [0.15, 0.2) is 0 Å². The van der Waals surface area contributed by atoms with Crippen molar-refractivity contribution in [1.29, 1.82) is 0 Å². The highest BCUT2D eigenvalue weighted by Crippen LogP contribution is 2.21. The molecule has 0 fully saturated rings. The lowest BCUT2D eigenvalue weighted by Gasteiger charge is -2.01. The summed E-state index contributed by atoms with van der Waals surface area (Å²) in [4.78, 5) is 14.1. The highest BCUT2D eigenvalue weighted by molar-refractivity contribution is 5.95. The van der Waals surface area contributed by atoms with Crippen molar-refractivity contribution >= 4 is 11.6 Å². The van der Waals surface area contributed by atoms with Gasteiger partial charge in [-0.25, -0.2) is 4.99 Å². The molecule has 1 atom stereocenters. The number of rotatable bonds is 3. The summed E-state index contributed by atoms with van der Waals surface area (Å²) >= 11 is 0. The number of ether oxygens (including phenoxy) is 1. The SMILES string of the molecule is CCC1COC(c2ccc(F)c([N+](=O)[O-])c2)=N1. The zero-order chi connectivity index (χ0) is 12.4. The fraction of sp³-hybridized carbons (Fsp3) is 0.364. The van der Waals surface area contributed by atoms with Gasteiger partial charge in [0.1, 0.15) is 6.61 Å². The van der Waals surface area contributed by atoms with Crippen LogP contribution in [0.25, 0.3) is 0 Å². The maximum absolute atomic E-state index is 13.1. The van der Waals surface area contributed by atoms with Crippen LogP contribution < -0.4 is 0 Å². The highest BCUT2D eigenvalue weighted by Gasteiger charge is 2.22. The lowest BCUT2D eigenvalue weighted by molar-refractivity contribution is -0.387. The van der Waals surface area contributed by atoms with Gasteiger partial charge >= 0.3 is 5.69 Å². The van der Waals surface area contributed by atoms with Crippen LogP contribution in [-0.4, -0.2) is 23.5 Å². The Morgan fingerprint density at radius 2 is 2.41 bits per heavy atom. The summed E-state index contributed by atoms with van der Waals surface area (Å²) in [5, 5.41) is 10.6. The zero-order valence-electron chi connectivity index (χ0n) is 9.22. The van der Waals surface area contributed by atoms with Crippen molar-refractivity contribution in [2.24, 2.45) is 4.99 Å². The van der Waals surface area contributed by atoms with Crippen LogP contribution in [0, 0.1) is 15.9 Å². The Morgan fingerprint density at radius 3 is 3.00 bits per heavy atom. The van der Waals surface area contributed by atoms with E-state index in [2.05, 4.69) is 4.99 Å². The van der Waals surface area contributed by atoms with Crippen molar-refractivity contribution in [1.82, 2.24) is 0 Å². The summed E-state index contributed by atoms with van der Waals surface area (Å²) in [6, 6.07) is 3.71. The Labute approximate surface area is 97.1 Å². The Hall–Kier alpha value is -1.98. The second-order valence-corrected chi connectivity index (χ2v) is 3.73. The van der Waals surface area contributed by atoms with Crippen molar-refractivity contribution in [2.45, 2.75) is 19.4 Å². The van der Waals surface area contributed by atoms with E-state index in [0.29, 0.717) is 18.1 Å². The van der Waals surface area contributed by atoms with Gasteiger partial charge < -0.3 is 4.74 Å². The van der Waals surface area contributed by atoms with Crippen molar-refractivity contribution in [3.8, 4) is 0 Å². The van der Waals surface area contributed by atoms with Crippen LogP contribution in [0.4, 0.5) is 10.1 Å². The van der Waals surface area contributed by atoms with Gasteiger partial charge in [0.05, 0.1) is 11.0 Å². The molecule has 17 heavy (non-hydrogen) atoms. The molecule has 0 saturated carbocycles. The molecule has 1 aromatic rings. The third-order valence-electron chi connectivity index (χ3n) is 2.57. The minimum atomic E-state index is -0.857. The maximum Gasteiger partial charge on any atom is 0.305 e. The molecule has 1 aliphatic heterocycles. The molecule has 1 heterocycles. The molecule has 2 rings (SSSR count). The predicted molar refractivity (Wildman–Crippen MR) is 59.6 cm³/mol. The summed E-state index contributed by atoms with van der Waals surface area (Å²) in [5.74, 6) is -0.510. The fourth-order valence-corrected chi connectivity index (χ4v) is 1.57. The van der Waals surface area contributed by atoms with Gasteiger partial charge in [-0.3, -0.25) is 10.1 Å². The van der Waals surface area contributed by atoms with E-state index in [1.165, 1.54) is 6.07 Å². The van der Waals surface area contributed by atoms with Crippen LogP contribution in [0.2, 0.25) is 0 Å². The molecular formula is C11H11FN2O3. The van der Waals surface area contributed by atoms with E-state index in [9.17, 15) is 14.5 Å². The van der Waals surface area contributed by atoms with Gasteiger partial charge in [-0.15, -0.1) is 0 Å². The van der Waals surface area contributed by atoms with Crippen molar-refractivity contribution in [2.75, 3.05) is 6.61 Å². The molecule has 0 amide bonds. The summed E-state index contributed by atoms with van der Waals surface area (Å²) in [6.45, 7) is 2.45. The average Bonchev–Trinajstić information content (AvgIpc) is 2.78. The standard InChI is InChI=1S/C11H11FN2O3/c1-2-8-6-17-11(13-8)7-3-4-9(12)10(5-7)14(15)16/h3-5,8H,2,6H2,1H3. The van der Waals surface area contributed by atoms with E-state index < -0.39 is 16.4 Å². The largest absolute Gasteiger partial charge is 0.475 e. The first-order chi connectivity index (χ1) is 8.11. The van der Waals surface area contributed by atoms with Crippen molar-refractivity contribution < 1.29 is 14.1 Å². The number of hydrogen-bond donors (Lipinski definition) is 0. The fourth-order valence-electron chi connectivity index (χ4n) is 1.57. The maximum atomic E-state index is 13.1. The summed E-state index contributed by atoms with van der Waals surface area (Å²) in [5.41, 5.74) is -0.122. The number of hydrogen-bond acceptors (Lipinski definition) is 4. The number of benzene rings is 1. The van der Waals surface area contributed by atoms with Crippen LogP contribution in [0.15, 0.2) is 23.2 Å². The van der Waals surface area contributed by atoms with Gasteiger partial charge in [0, 0.05) is 11.6 Å². The number of nitro benzene ring substituents is 1. The molecule has 1 unspecified atom stereocenters. The molecule has 5 nitrogen and oxygen atoms in total. The molecular weight excluding hydrogens is 227 g/mol. The molecule has 0 radical (unpaired) electrons. The molecule has 0 spiro atoms. The molecule has 6 heteroatoms. The first-order valence-corrected chi connectivity index (χ1v) is 5.26. The van der Waals surface area contributed by atoms with Crippen LogP contribution in [0.1, 0.15) is 18.9 Å². The van der Waals surface area contributed by atoms with Crippen LogP contribution in [0.5, 0.6) is 0 Å². The monoisotopic (exact) mass is 238 g/mol. The Balaban J connectivity index is 2.34.